The van der Waals surface area contributed by atoms with Gasteiger partial charge in [0.05, 0.1) is 23.6 Å². The number of rotatable bonds is 8. The van der Waals surface area contributed by atoms with E-state index in [2.05, 4.69) is 5.32 Å². The molecule has 1 aromatic heterocycles. The van der Waals surface area contributed by atoms with Crippen LogP contribution in [0.4, 0.5) is 0 Å². The molecule has 3 aromatic carbocycles. The number of aryl methyl sites for hydroxylation is 2. The summed E-state index contributed by atoms with van der Waals surface area (Å²) < 4.78 is 7.75. The van der Waals surface area contributed by atoms with Gasteiger partial charge in [-0.1, -0.05) is 42.0 Å². The summed E-state index contributed by atoms with van der Waals surface area (Å²) in [6.45, 7) is 6.34. The molecule has 4 aromatic rings. The van der Waals surface area contributed by atoms with E-state index in [0.717, 1.165) is 27.9 Å². The van der Waals surface area contributed by atoms with Crippen molar-refractivity contribution in [1.82, 2.24) is 14.9 Å². The Morgan fingerprint density at radius 3 is 2.55 bits per heavy atom. The quantitative estimate of drug-likeness (QED) is 0.418. The van der Waals surface area contributed by atoms with Crippen LogP contribution in [0.15, 0.2) is 72.8 Å². The molecule has 0 aliphatic rings. The normalized spacial score (nSPS) is 13.0. The number of imidazole rings is 1. The van der Waals surface area contributed by atoms with Crippen molar-refractivity contribution in [2.45, 2.75) is 39.5 Å². The number of benzene rings is 3. The van der Waals surface area contributed by atoms with E-state index in [-0.39, 0.29) is 18.6 Å². The highest BCUT2D eigenvalue weighted by atomic mass is 16.5. The average molecular weight is 444 g/mol. The first-order valence-electron chi connectivity index (χ1n) is 11.1. The number of hydrogen-bond acceptors (Lipinski definition) is 4. The van der Waals surface area contributed by atoms with Crippen molar-refractivity contribution in [2.24, 2.45) is 0 Å². The first-order chi connectivity index (χ1) is 15.9. The highest BCUT2D eigenvalue weighted by molar-refractivity contribution is 5.94. The van der Waals surface area contributed by atoms with Gasteiger partial charge in [0.15, 0.2) is 0 Å². The Balaban J connectivity index is 1.52. The standard InChI is InChI=1S/C27H29N3O3/c1-18-11-13-21(14-12-18)27(32)28-20(3)26-29-24-9-4-5-10-25(24)30(26)16-22(31)17-33-23-8-6-7-19(2)15-23/h4-15,20,22,31H,16-17H2,1-3H3,(H,28,32)/t20-,22+/m1/s1. The summed E-state index contributed by atoms with van der Waals surface area (Å²) in [5.41, 5.74) is 4.52. The number of ether oxygens (including phenoxy) is 1. The van der Waals surface area contributed by atoms with Gasteiger partial charge in [-0.25, -0.2) is 4.98 Å². The predicted molar refractivity (Wildman–Crippen MR) is 129 cm³/mol. The first-order valence-corrected chi connectivity index (χ1v) is 11.1. The van der Waals surface area contributed by atoms with E-state index in [9.17, 15) is 9.90 Å². The van der Waals surface area contributed by atoms with Crippen molar-refractivity contribution in [2.75, 3.05) is 6.61 Å². The van der Waals surface area contributed by atoms with Gasteiger partial charge in [0.2, 0.25) is 0 Å². The lowest BCUT2D eigenvalue weighted by Crippen LogP contribution is -2.31. The molecule has 6 heteroatoms. The zero-order valence-electron chi connectivity index (χ0n) is 19.2. The van der Waals surface area contributed by atoms with E-state index in [1.54, 1.807) is 0 Å². The molecule has 0 aliphatic carbocycles. The van der Waals surface area contributed by atoms with Gasteiger partial charge in [0.1, 0.15) is 24.3 Å². The van der Waals surface area contributed by atoms with Crippen LogP contribution in [-0.2, 0) is 6.54 Å². The molecule has 2 N–H and O–H groups in total. The van der Waals surface area contributed by atoms with Gasteiger partial charge >= 0.3 is 0 Å². The minimum atomic E-state index is -0.748. The number of nitrogens with zero attached hydrogens (tertiary/aromatic N) is 2. The van der Waals surface area contributed by atoms with E-state index < -0.39 is 6.10 Å². The molecule has 1 heterocycles. The smallest absolute Gasteiger partial charge is 0.251 e. The number of hydrogen-bond donors (Lipinski definition) is 2. The number of aliphatic hydroxyl groups is 1. The minimum absolute atomic E-state index is 0.152. The molecule has 0 saturated heterocycles. The molecule has 6 nitrogen and oxygen atoms in total. The van der Waals surface area contributed by atoms with Crippen LogP contribution in [0, 0.1) is 13.8 Å². The summed E-state index contributed by atoms with van der Waals surface area (Å²) in [4.78, 5) is 17.5. The molecular formula is C27H29N3O3. The topological polar surface area (TPSA) is 76.4 Å². The number of nitrogens with one attached hydrogen (secondary N) is 1. The molecular weight excluding hydrogens is 414 g/mol. The number of aromatic nitrogens is 2. The number of carbonyl (C=O) groups is 1. The fraction of sp³-hybridized carbons (Fsp3) is 0.259. The number of amides is 1. The van der Waals surface area contributed by atoms with Gasteiger partial charge < -0.3 is 19.7 Å². The molecule has 170 valence electrons. The molecule has 0 aliphatic heterocycles. The van der Waals surface area contributed by atoms with Gasteiger partial charge in [-0.05, 0) is 62.7 Å². The SMILES string of the molecule is Cc1ccc(C(=O)N[C@H](C)c2nc3ccccc3n2C[C@H](O)COc2cccc(C)c2)cc1. The lowest BCUT2D eigenvalue weighted by atomic mass is 10.1. The largest absolute Gasteiger partial charge is 0.491 e. The van der Waals surface area contributed by atoms with Crippen LogP contribution < -0.4 is 10.1 Å². The van der Waals surface area contributed by atoms with E-state index in [1.165, 1.54) is 0 Å². The molecule has 1 amide bonds. The Bertz CT molecular complexity index is 1250. The second-order valence-electron chi connectivity index (χ2n) is 8.41. The van der Waals surface area contributed by atoms with Crippen LogP contribution in [-0.4, -0.2) is 33.3 Å². The summed E-state index contributed by atoms with van der Waals surface area (Å²) in [5.74, 6) is 1.25. The Morgan fingerprint density at radius 1 is 1.03 bits per heavy atom. The van der Waals surface area contributed by atoms with Crippen LogP contribution in [0.1, 0.15) is 40.3 Å². The number of aliphatic hydroxyl groups excluding tert-OH is 1. The molecule has 4 rings (SSSR count). The molecule has 0 unspecified atom stereocenters. The zero-order valence-corrected chi connectivity index (χ0v) is 19.2. The Morgan fingerprint density at radius 2 is 1.79 bits per heavy atom. The maximum atomic E-state index is 12.8. The third kappa shape index (κ3) is 5.41. The molecule has 0 bridgehead atoms. The fourth-order valence-electron chi connectivity index (χ4n) is 3.83. The lowest BCUT2D eigenvalue weighted by molar-refractivity contribution is 0.0906. The van der Waals surface area contributed by atoms with Gasteiger partial charge in [0, 0.05) is 5.56 Å². The van der Waals surface area contributed by atoms with Gasteiger partial charge in [-0.15, -0.1) is 0 Å². The van der Waals surface area contributed by atoms with Crippen molar-refractivity contribution in [3.05, 3.63) is 95.3 Å². The molecule has 0 radical (unpaired) electrons. The molecule has 0 fully saturated rings. The van der Waals surface area contributed by atoms with Gasteiger partial charge in [-0.2, -0.15) is 0 Å². The summed E-state index contributed by atoms with van der Waals surface area (Å²) in [6.07, 6.45) is -0.748. The summed E-state index contributed by atoms with van der Waals surface area (Å²) >= 11 is 0. The van der Waals surface area contributed by atoms with E-state index in [4.69, 9.17) is 9.72 Å². The number of carbonyl (C=O) groups excluding carboxylic acids is 1. The highest BCUT2D eigenvalue weighted by Crippen LogP contribution is 2.22. The monoisotopic (exact) mass is 443 g/mol. The molecule has 33 heavy (non-hydrogen) atoms. The maximum Gasteiger partial charge on any atom is 0.251 e. The van der Waals surface area contributed by atoms with E-state index in [0.29, 0.717) is 17.9 Å². The van der Waals surface area contributed by atoms with E-state index >= 15 is 0 Å². The van der Waals surface area contributed by atoms with Crippen LogP contribution in [0.2, 0.25) is 0 Å². The number of para-hydroxylation sites is 2. The second-order valence-corrected chi connectivity index (χ2v) is 8.41. The minimum Gasteiger partial charge on any atom is -0.491 e. The van der Waals surface area contributed by atoms with Crippen LogP contribution >= 0.6 is 0 Å². The van der Waals surface area contributed by atoms with Crippen molar-refractivity contribution in [3.8, 4) is 5.75 Å². The fourth-order valence-corrected chi connectivity index (χ4v) is 3.83. The second kappa shape index (κ2) is 9.88. The lowest BCUT2D eigenvalue weighted by Gasteiger charge is -2.19. The van der Waals surface area contributed by atoms with Crippen molar-refractivity contribution in [3.63, 3.8) is 0 Å². The summed E-state index contributed by atoms with van der Waals surface area (Å²) in [5, 5.41) is 13.8. The third-order valence-electron chi connectivity index (χ3n) is 5.56. The van der Waals surface area contributed by atoms with Crippen LogP contribution in [0.5, 0.6) is 5.75 Å². The van der Waals surface area contributed by atoms with E-state index in [1.807, 2.05) is 98.1 Å². The predicted octanol–water partition coefficient (Wildman–Crippen LogP) is 4.58. The average Bonchev–Trinajstić information content (AvgIpc) is 3.17. The van der Waals surface area contributed by atoms with Crippen molar-refractivity contribution < 1.29 is 14.6 Å². The molecule has 0 saturated carbocycles. The first kappa shape index (κ1) is 22.6. The van der Waals surface area contributed by atoms with Gasteiger partial charge in [0.25, 0.3) is 5.91 Å². The maximum absolute atomic E-state index is 12.8. The summed E-state index contributed by atoms with van der Waals surface area (Å²) in [7, 11) is 0. The molecule has 2 atom stereocenters. The van der Waals surface area contributed by atoms with Gasteiger partial charge in [-0.3, -0.25) is 4.79 Å². The number of fused-ring (bicyclic) bond motifs is 1. The zero-order chi connectivity index (χ0) is 23.4. The Labute approximate surface area is 193 Å². The van der Waals surface area contributed by atoms with Crippen LogP contribution in [0.25, 0.3) is 11.0 Å². The summed E-state index contributed by atoms with van der Waals surface area (Å²) in [6, 6.07) is 22.6. The third-order valence-corrected chi connectivity index (χ3v) is 5.56. The van der Waals surface area contributed by atoms with Crippen molar-refractivity contribution >= 4 is 16.9 Å². The van der Waals surface area contributed by atoms with Crippen molar-refractivity contribution in [1.29, 1.82) is 0 Å². The van der Waals surface area contributed by atoms with Crippen LogP contribution in [0.3, 0.4) is 0 Å². The Kier molecular flexibility index (Phi) is 6.75. The highest BCUT2D eigenvalue weighted by Gasteiger charge is 2.21. The Hall–Kier alpha value is -3.64. The molecule has 0 spiro atoms.